The number of nitrogens with one attached hydrogen (secondary N) is 2. The maximum absolute atomic E-state index is 12.6. The van der Waals surface area contributed by atoms with E-state index in [1.807, 2.05) is 35.9 Å². The summed E-state index contributed by atoms with van der Waals surface area (Å²) >= 11 is 0. The second kappa shape index (κ2) is 9.79. The van der Waals surface area contributed by atoms with Crippen LogP contribution in [-0.4, -0.2) is 40.3 Å². The van der Waals surface area contributed by atoms with Crippen LogP contribution in [0.4, 0.5) is 10.5 Å². The summed E-state index contributed by atoms with van der Waals surface area (Å²) in [5.41, 5.74) is 5.27. The van der Waals surface area contributed by atoms with Crippen molar-refractivity contribution in [1.29, 1.82) is 0 Å². The van der Waals surface area contributed by atoms with Crippen LogP contribution in [0, 0.1) is 13.8 Å². The highest BCUT2D eigenvalue weighted by atomic mass is 16.2. The van der Waals surface area contributed by atoms with E-state index in [1.165, 1.54) is 18.4 Å². The van der Waals surface area contributed by atoms with Crippen LogP contribution in [-0.2, 0) is 6.54 Å². The molecule has 2 amide bonds. The van der Waals surface area contributed by atoms with Gasteiger partial charge in [-0.1, -0.05) is 42.5 Å². The van der Waals surface area contributed by atoms with Crippen LogP contribution in [0.15, 0.2) is 60.7 Å². The van der Waals surface area contributed by atoms with Crippen molar-refractivity contribution in [2.45, 2.75) is 39.3 Å². The second-order valence-electron chi connectivity index (χ2n) is 8.29. The van der Waals surface area contributed by atoms with Gasteiger partial charge in [-0.2, -0.15) is 5.10 Å². The van der Waals surface area contributed by atoms with Gasteiger partial charge in [0.05, 0.1) is 18.3 Å². The number of amides is 2. The lowest BCUT2D eigenvalue weighted by molar-refractivity contribution is 0.227. The van der Waals surface area contributed by atoms with Crippen LogP contribution >= 0.6 is 0 Å². The van der Waals surface area contributed by atoms with Gasteiger partial charge in [-0.05, 0) is 69.1 Å². The number of aromatic nitrogens is 2. The van der Waals surface area contributed by atoms with Crippen molar-refractivity contribution in [3.8, 4) is 0 Å². The van der Waals surface area contributed by atoms with Crippen LogP contribution in [0.3, 0.4) is 0 Å². The lowest BCUT2D eigenvalue weighted by Crippen LogP contribution is -2.38. The standard InChI is InChI=1S/C25H31N5O/c1-19-15-20(2)30(28-19)18-21-9-8-12-23(16-21)27-25(31)26-17-24(29-13-6-7-14-29)22-10-4-3-5-11-22/h3-5,8-12,15-16,24H,6-7,13-14,17-18H2,1-2H3,(H2,26,27,31). The molecule has 3 aromatic rings. The molecule has 0 aliphatic carbocycles. The van der Waals surface area contributed by atoms with E-state index in [0.29, 0.717) is 13.1 Å². The van der Waals surface area contributed by atoms with E-state index in [-0.39, 0.29) is 12.1 Å². The van der Waals surface area contributed by atoms with Crippen molar-refractivity contribution < 1.29 is 4.79 Å². The van der Waals surface area contributed by atoms with Gasteiger partial charge in [0.25, 0.3) is 0 Å². The Balaban J connectivity index is 1.37. The number of hydrogen-bond acceptors (Lipinski definition) is 3. The number of anilines is 1. The minimum atomic E-state index is -0.177. The summed E-state index contributed by atoms with van der Waals surface area (Å²) in [5.74, 6) is 0. The van der Waals surface area contributed by atoms with E-state index < -0.39 is 0 Å². The van der Waals surface area contributed by atoms with E-state index in [9.17, 15) is 4.79 Å². The lowest BCUT2D eigenvalue weighted by Gasteiger charge is -2.28. The zero-order valence-electron chi connectivity index (χ0n) is 18.3. The number of likely N-dealkylation sites (tertiary alicyclic amines) is 1. The Morgan fingerprint density at radius 2 is 1.81 bits per heavy atom. The van der Waals surface area contributed by atoms with Gasteiger partial charge in [-0.15, -0.1) is 0 Å². The number of carbonyl (C=O) groups is 1. The molecule has 6 nitrogen and oxygen atoms in total. The fourth-order valence-corrected chi connectivity index (χ4v) is 4.31. The quantitative estimate of drug-likeness (QED) is 0.595. The number of hydrogen-bond donors (Lipinski definition) is 2. The van der Waals surface area contributed by atoms with Crippen molar-refractivity contribution >= 4 is 11.7 Å². The molecular weight excluding hydrogens is 386 g/mol. The maximum atomic E-state index is 12.6. The van der Waals surface area contributed by atoms with Crippen LogP contribution < -0.4 is 10.6 Å². The smallest absolute Gasteiger partial charge is 0.319 e. The SMILES string of the molecule is Cc1cc(C)n(Cc2cccc(NC(=O)NCC(c3ccccc3)N3CCCC3)c2)n1. The molecule has 31 heavy (non-hydrogen) atoms. The summed E-state index contributed by atoms with van der Waals surface area (Å²) in [6, 6.07) is 20.5. The number of urea groups is 1. The summed E-state index contributed by atoms with van der Waals surface area (Å²) in [4.78, 5) is 15.1. The Hall–Kier alpha value is -3.12. The van der Waals surface area contributed by atoms with Gasteiger partial charge >= 0.3 is 6.03 Å². The van der Waals surface area contributed by atoms with Crippen LogP contribution in [0.2, 0.25) is 0 Å². The number of rotatable bonds is 7. The molecule has 1 aliphatic rings. The lowest BCUT2D eigenvalue weighted by atomic mass is 10.1. The third kappa shape index (κ3) is 5.52. The summed E-state index contributed by atoms with van der Waals surface area (Å²) < 4.78 is 1.98. The second-order valence-corrected chi connectivity index (χ2v) is 8.29. The highest BCUT2D eigenvalue weighted by molar-refractivity contribution is 5.89. The molecule has 2 heterocycles. The molecule has 0 radical (unpaired) electrons. The number of benzene rings is 2. The number of nitrogens with zero attached hydrogens (tertiary/aromatic N) is 3. The molecule has 162 valence electrons. The molecular formula is C25H31N5O. The third-order valence-corrected chi connectivity index (χ3v) is 5.84. The Bertz CT molecular complexity index is 1010. The Morgan fingerprint density at radius 3 is 2.52 bits per heavy atom. The summed E-state index contributed by atoms with van der Waals surface area (Å²) in [6.45, 7) is 7.48. The Morgan fingerprint density at radius 1 is 1.03 bits per heavy atom. The van der Waals surface area contributed by atoms with Crippen LogP contribution in [0.1, 0.15) is 41.4 Å². The molecule has 4 rings (SSSR count). The average molecular weight is 418 g/mol. The number of carbonyl (C=O) groups excluding carboxylic acids is 1. The summed E-state index contributed by atoms with van der Waals surface area (Å²) in [7, 11) is 0. The minimum Gasteiger partial charge on any atom is -0.336 e. The van der Waals surface area contributed by atoms with Gasteiger partial charge in [-0.25, -0.2) is 4.79 Å². The van der Waals surface area contributed by atoms with Gasteiger partial charge in [0, 0.05) is 17.9 Å². The largest absolute Gasteiger partial charge is 0.336 e. The third-order valence-electron chi connectivity index (χ3n) is 5.84. The van der Waals surface area contributed by atoms with Gasteiger partial charge in [0.2, 0.25) is 0 Å². The first kappa shape index (κ1) is 21.1. The topological polar surface area (TPSA) is 62.2 Å². The first-order valence-corrected chi connectivity index (χ1v) is 11.0. The van der Waals surface area contributed by atoms with Crippen molar-refractivity contribution in [3.05, 3.63) is 83.2 Å². The van der Waals surface area contributed by atoms with Crippen molar-refractivity contribution in [2.24, 2.45) is 0 Å². The van der Waals surface area contributed by atoms with Crippen molar-refractivity contribution in [2.75, 3.05) is 25.0 Å². The number of aryl methyl sites for hydroxylation is 2. The summed E-state index contributed by atoms with van der Waals surface area (Å²) in [6.07, 6.45) is 2.44. The highest BCUT2D eigenvalue weighted by Crippen LogP contribution is 2.24. The molecule has 1 aromatic heterocycles. The molecule has 2 N–H and O–H groups in total. The predicted octanol–water partition coefficient (Wildman–Crippen LogP) is 4.51. The predicted molar refractivity (Wildman–Crippen MR) is 124 cm³/mol. The van der Waals surface area contributed by atoms with Crippen LogP contribution in [0.25, 0.3) is 0 Å². The molecule has 1 aliphatic heterocycles. The molecule has 0 bridgehead atoms. The fraction of sp³-hybridized carbons (Fsp3) is 0.360. The highest BCUT2D eigenvalue weighted by Gasteiger charge is 2.23. The first-order valence-electron chi connectivity index (χ1n) is 11.0. The Kier molecular flexibility index (Phi) is 6.67. The van der Waals surface area contributed by atoms with E-state index in [1.54, 1.807) is 0 Å². The molecule has 1 unspecified atom stereocenters. The van der Waals surface area contributed by atoms with E-state index in [0.717, 1.165) is 35.7 Å². The summed E-state index contributed by atoms with van der Waals surface area (Å²) in [5, 5.41) is 10.6. The zero-order valence-corrected chi connectivity index (χ0v) is 18.3. The van der Waals surface area contributed by atoms with Crippen LogP contribution in [0.5, 0.6) is 0 Å². The average Bonchev–Trinajstić information content (AvgIpc) is 3.39. The van der Waals surface area contributed by atoms with Crippen molar-refractivity contribution in [3.63, 3.8) is 0 Å². The van der Waals surface area contributed by atoms with Gasteiger partial charge < -0.3 is 10.6 Å². The van der Waals surface area contributed by atoms with E-state index in [2.05, 4.69) is 64.0 Å². The van der Waals surface area contributed by atoms with Gasteiger partial charge in [0.1, 0.15) is 0 Å². The molecule has 6 heteroatoms. The molecule has 2 aromatic carbocycles. The first-order chi connectivity index (χ1) is 15.1. The Labute approximate surface area is 184 Å². The normalized spacial score (nSPS) is 15.0. The van der Waals surface area contributed by atoms with E-state index in [4.69, 9.17) is 0 Å². The molecule has 0 saturated carbocycles. The monoisotopic (exact) mass is 417 g/mol. The molecule has 1 saturated heterocycles. The van der Waals surface area contributed by atoms with Gasteiger partial charge in [-0.3, -0.25) is 9.58 Å². The van der Waals surface area contributed by atoms with Gasteiger partial charge in [0.15, 0.2) is 0 Å². The van der Waals surface area contributed by atoms with E-state index >= 15 is 0 Å². The maximum Gasteiger partial charge on any atom is 0.319 e. The fourth-order valence-electron chi connectivity index (χ4n) is 4.31. The zero-order chi connectivity index (χ0) is 21.6. The minimum absolute atomic E-state index is 0.177. The molecule has 0 spiro atoms. The van der Waals surface area contributed by atoms with Crippen molar-refractivity contribution in [1.82, 2.24) is 20.0 Å². The molecule has 1 atom stereocenters. The molecule has 1 fully saturated rings.